The van der Waals surface area contributed by atoms with E-state index in [1.807, 2.05) is 0 Å². The molecule has 0 bridgehead atoms. The fourth-order valence-corrected chi connectivity index (χ4v) is 2.42. The second-order valence-electron chi connectivity index (χ2n) is 5.17. The summed E-state index contributed by atoms with van der Waals surface area (Å²) in [6.45, 7) is 3.51. The Labute approximate surface area is 143 Å². The van der Waals surface area contributed by atoms with Gasteiger partial charge < -0.3 is 15.8 Å². The van der Waals surface area contributed by atoms with Crippen LogP contribution in [-0.4, -0.2) is 45.8 Å². The third-order valence-corrected chi connectivity index (χ3v) is 4.07. The van der Waals surface area contributed by atoms with Crippen LogP contribution in [0.1, 0.15) is 37.0 Å². The largest absolute Gasteiger partial charge is 0.462 e. The van der Waals surface area contributed by atoms with E-state index in [2.05, 4.69) is 20.6 Å². The molecule has 1 saturated carbocycles. The molecule has 2 rings (SSSR count). The highest BCUT2D eigenvalue weighted by Crippen LogP contribution is 2.22. The van der Waals surface area contributed by atoms with Crippen molar-refractivity contribution in [2.24, 2.45) is 0 Å². The lowest BCUT2D eigenvalue weighted by molar-refractivity contribution is -0.119. The van der Waals surface area contributed by atoms with Crippen molar-refractivity contribution in [2.75, 3.05) is 12.3 Å². The summed E-state index contributed by atoms with van der Waals surface area (Å²) in [5.41, 5.74) is 5.79. The summed E-state index contributed by atoms with van der Waals surface area (Å²) in [6, 6.07) is -0.340. The second kappa shape index (κ2) is 7.95. The van der Waals surface area contributed by atoms with Gasteiger partial charge in [-0.1, -0.05) is 11.8 Å². The Hall–Kier alpha value is -2.36. The molecule has 4 N–H and O–H groups in total. The molecule has 3 amide bonds. The van der Waals surface area contributed by atoms with E-state index in [1.165, 1.54) is 6.20 Å². The van der Waals surface area contributed by atoms with Crippen LogP contribution in [0.2, 0.25) is 0 Å². The minimum Gasteiger partial charge on any atom is -0.462 e. The topological polar surface area (TPSA) is 136 Å². The van der Waals surface area contributed by atoms with Gasteiger partial charge in [-0.3, -0.25) is 10.1 Å². The third kappa shape index (κ3) is 5.08. The summed E-state index contributed by atoms with van der Waals surface area (Å²) in [7, 11) is 0. The minimum atomic E-state index is -0.609. The molecule has 1 aliphatic carbocycles. The summed E-state index contributed by atoms with van der Waals surface area (Å²) in [6.07, 6.45) is 3.13. The van der Waals surface area contributed by atoms with Crippen molar-refractivity contribution in [3.63, 3.8) is 0 Å². The molecule has 1 aromatic rings. The number of nitrogen functional groups attached to an aromatic ring is 1. The van der Waals surface area contributed by atoms with Gasteiger partial charge in [0.15, 0.2) is 5.16 Å². The zero-order chi connectivity index (χ0) is 17.7. The maximum atomic E-state index is 12.0. The van der Waals surface area contributed by atoms with Crippen molar-refractivity contribution in [1.82, 2.24) is 20.6 Å². The molecule has 0 saturated heterocycles. The summed E-state index contributed by atoms with van der Waals surface area (Å²) in [5.74, 6) is -1.09. The Balaban J connectivity index is 1.91. The SMILES string of the molecule is CCOC(=O)c1cnc(S[C@H](C)C(=O)NC(=O)NC2CC2)nc1N. The number of nitrogens with two attached hydrogens (primary N) is 1. The van der Waals surface area contributed by atoms with Gasteiger partial charge in [0.2, 0.25) is 5.91 Å². The summed E-state index contributed by atoms with van der Waals surface area (Å²) < 4.78 is 4.83. The predicted octanol–water partition coefficient (Wildman–Crippen LogP) is 0.704. The van der Waals surface area contributed by atoms with E-state index in [0.29, 0.717) is 0 Å². The number of carbonyl (C=O) groups is 3. The monoisotopic (exact) mass is 353 g/mol. The number of urea groups is 1. The van der Waals surface area contributed by atoms with Gasteiger partial charge in [-0.25, -0.2) is 19.6 Å². The highest BCUT2D eigenvalue weighted by Gasteiger charge is 2.25. The molecule has 10 heteroatoms. The molecule has 9 nitrogen and oxygen atoms in total. The van der Waals surface area contributed by atoms with Gasteiger partial charge in [0, 0.05) is 12.2 Å². The smallest absolute Gasteiger partial charge is 0.343 e. The van der Waals surface area contributed by atoms with Gasteiger partial charge in [0.05, 0.1) is 11.9 Å². The lowest BCUT2D eigenvalue weighted by Gasteiger charge is -2.11. The molecule has 1 aromatic heterocycles. The Morgan fingerprint density at radius 1 is 1.46 bits per heavy atom. The maximum absolute atomic E-state index is 12.0. The standard InChI is InChI=1S/C14H19N5O4S/c1-3-23-12(21)9-6-16-14(18-10(9)15)24-7(2)11(20)19-13(22)17-8-4-5-8/h6-8H,3-5H2,1-2H3,(H2,15,16,18)(H2,17,19,20,22)/t7-/m1/s1. The van der Waals surface area contributed by atoms with Crippen molar-refractivity contribution in [2.45, 2.75) is 43.1 Å². The first-order chi connectivity index (χ1) is 11.4. The number of hydrogen-bond donors (Lipinski definition) is 3. The van der Waals surface area contributed by atoms with E-state index in [4.69, 9.17) is 10.5 Å². The van der Waals surface area contributed by atoms with Crippen LogP contribution in [0.3, 0.4) is 0 Å². The lowest BCUT2D eigenvalue weighted by atomic mass is 10.3. The van der Waals surface area contributed by atoms with Gasteiger partial charge in [0.25, 0.3) is 0 Å². The lowest BCUT2D eigenvalue weighted by Crippen LogP contribution is -2.43. The number of aromatic nitrogens is 2. The highest BCUT2D eigenvalue weighted by atomic mass is 32.2. The van der Waals surface area contributed by atoms with Crippen LogP contribution in [0.4, 0.5) is 10.6 Å². The molecule has 24 heavy (non-hydrogen) atoms. The van der Waals surface area contributed by atoms with Gasteiger partial charge in [-0.2, -0.15) is 0 Å². The third-order valence-electron chi connectivity index (χ3n) is 3.09. The first-order valence-corrected chi connectivity index (χ1v) is 8.36. The van der Waals surface area contributed by atoms with Crippen LogP contribution in [0.25, 0.3) is 0 Å². The fourth-order valence-electron chi connectivity index (χ4n) is 1.68. The number of amides is 3. The van der Waals surface area contributed by atoms with E-state index in [-0.39, 0.29) is 29.2 Å². The number of hydrogen-bond acceptors (Lipinski definition) is 8. The quantitative estimate of drug-likeness (QED) is 0.386. The van der Waals surface area contributed by atoms with E-state index in [1.54, 1.807) is 13.8 Å². The molecule has 130 valence electrons. The number of anilines is 1. The van der Waals surface area contributed by atoms with Crippen LogP contribution in [0, 0.1) is 0 Å². The molecule has 1 atom stereocenters. The summed E-state index contributed by atoms with van der Waals surface area (Å²) in [4.78, 5) is 43.1. The van der Waals surface area contributed by atoms with Crippen LogP contribution >= 0.6 is 11.8 Å². The molecule has 1 aliphatic rings. The predicted molar refractivity (Wildman–Crippen MR) is 87.4 cm³/mol. The molecular formula is C14H19N5O4S. The normalized spacial score (nSPS) is 14.6. The van der Waals surface area contributed by atoms with Gasteiger partial charge in [-0.15, -0.1) is 0 Å². The second-order valence-corrected chi connectivity index (χ2v) is 6.48. The molecule has 0 aromatic carbocycles. The molecule has 0 aliphatic heterocycles. The number of ether oxygens (including phenoxy) is 1. The van der Waals surface area contributed by atoms with E-state index >= 15 is 0 Å². The van der Waals surface area contributed by atoms with E-state index < -0.39 is 23.2 Å². The number of carbonyl (C=O) groups excluding carboxylic acids is 3. The highest BCUT2D eigenvalue weighted by molar-refractivity contribution is 8.00. The summed E-state index contributed by atoms with van der Waals surface area (Å²) in [5, 5.41) is 4.54. The molecule has 0 spiro atoms. The summed E-state index contributed by atoms with van der Waals surface area (Å²) >= 11 is 1.03. The number of nitrogens with one attached hydrogen (secondary N) is 2. The number of imide groups is 1. The number of esters is 1. The average molecular weight is 353 g/mol. The van der Waals surface area contributed by atoms with Crippen LogP contribution in [0.5, 0.6) is 0 Å². The molecule has 1 heterocycles. The van der Waals surface area contributed by atoms with Gasteiger partial charge in [-0.05, 0) is 26.7 Å². The van der Waals surface area contributed by atoms with Crippen molar-refractivity contribution < 1.29 is 19.1 Å². The first kappa shape index (κ1) is 18.0. The van der Waals surface area contributed by atoms with Crippen molar-refractivity contribution >= 4 is 35.5 Å². The van der Waals surface area contributed by atoms with Crippen LogP contribution in [-0.2, 0) is 9.53 Å². The Morgan fingerprint density at radius 2 is 2.17 bits per heavy atom. The van der Waals surface area contributed by atoms with Gasteiger partial charge >= 0.3 is 12.0 Å². The van der Waals surface area contributed by atoms with E-state index in [0.717, 1.165) is 24.6 Å². The Morgan fingerprint density at radius 3 is 2.75 bits per heavy atom. The molecule has 1 fully saturated rings. The first-order valence-electron chi connectivity index (χ1n) is 7.48. The molecular weight excluding hydrogens is 334 g/mol. The maximum Gasteiger partial charge on any atom is 0.343 e. The fraction of sp³-hybridized carbons (Fsp3) is 0.500. The van der Waals surface area contributed by atoms with Crippen molar-refractivity contribution in [3.8, 4) is 0 Å². The zero-order valence-electron chi connectivity index (χ0n) is 13.4. The number of rotatable bonds is 6. The van der Waals surface area contributed by atoms with Crippen molar-refractivity contribution in [3.05, 3.63) is 11.8 Å². The van der Waals surface area contributed by atoms with Crippen LogP contribution < -0.4 is 16.4 Å². The number of thioether (sulfide) groups is 1. The van der Waals surface area contributed by atoms with Gasteiger partial charge in [0.1, 0.15) is 11.4 Å². The Kier molecular flexibility index (Phi) is 5.96. The van der Waals surface area contributed by atoms with E-state index in [9.17, 15) is 14.4 Å². The average Bonchev–Trinajstić information content (AvgIpc) is 3.31. The van der Waals surface area contributed by atoms with Crippen molar-refractivity contribution in [1.29, 1.82) is 0 Å². The molecule has 0 unspecified atom stereocenters. The minimum absolute atomic E-state index is 0.0231. The zero-order valence-corrected chi connectivity index (χ0v) is 14.2. The Bertz CT molecular complexity index is 650. The van der Waals surface area contributed by atoms with Crippen LogP contribution in [0.15, 0.2) is 11.4 Å². The number of nitrogens with zero attached hydrogens (tertiary/aromatic N) is 2. The molecule has 0 radical (unpaired) electrons.